The highest BCUT2D eigenvalue weighted by Gasteiger charge is 2.10. The molecular formula is C16H13N3. The smallest absolute Gasteiger partial charge is 0.157 e. The van der Waals surface area contributed by atoms with Gasteiger partial charge in [0.2, 0.25) is 0 Å². The lowest BCUT2D eigenvalue weighted by Gasteiger charge is -2.00. The first kappa shape index (κ1) is 10.5. The Bertz CT molecular complexity index is 935. The molecule has 3 nitrogen and oxygen atoms in total. The molecule has 0 bridgehead atoms. The van der Waals surface area contributed by atoms with Gasteiger partial charge in [0.15, 0.2) is 5.65 Å². The molecule has 3 heteroatoms. The van der Waals surface area contributed by atoms with Crippen molar-refractivity contribution in [3.63, 3.8) is 0 Å². The van der Waals surface area contributed by atoms with Crippen LogP contribution in [0.5, 0.6) is 0 Å². The zero-order valence-corrected chi connectivity index (χ0v) is 10.9. The number of hydrogen-bond donors (Lipinski definition) is 1. The maximum absolute atomic E-state index is 4.74. The first-order chi connectivity index (χ1) is 9.24. The highest BCUT2D eigenvalue weighted by molar-refractivity contribution is 6.06. The summed E-state index contributed by atoms with van der Waals surface area (Å²) in [6.07, 6.45) is 0. The topological polar surface area (TPSA) is 41.6 Å². The Labute approximate surface area is 110 Å². The highest BCUT2D eigenvalue weighted by Crippen LogP contribution is 2.28. The summed E-state index contributed by atoms with van der Waals surface area (Å²) in [5, 5.41) is 1.15. The third-order valence-corrected chi connectivity index (χ3v) is 3.80. The summed E-state index contributed by atoms with van der Waals surface area (Å²) >= 11 is 0. The van der Waals surface area contributed by atoms with E-state index in [0.717, 1.165) is 33.1 Å². The SMILES string of the molecule is Cc1ccc2c([nH]c3nc4ccccc4nc32)c1C. The number of aromatic nitrogens is 3. The van der Waals surface area contributed by atoms with E-state index in [1.807, 2.05) is 24.3 Å². The molecule has 0 unspecified atom stereocenters. The molecule has 0 radical (unpaired) electrons. The molecule has 0 aliphatic carbocycles. The number of para-hydroxylation sites is 2. The normalized spacial score (nSPS) is 11.7. The monoisotopic (exact) mass is 247 g/mol. The van der Waals surface area contributed by atoms with Crippen LogP contribution in [-0.4, -0.2) is 15.0 Å². The van der Waals surface area contributed by atoms with Crippen LogP contribution in [0.1, 0.15) is 11.1 Å². The second kappa shape index (κ2) is 3.54. The Hall–Kier alpha value is -2.42. The van der Waals surface area contributed by atoms with Crippen LogP contribution in [0.25, 0.3) is 33.1 Å². The van der Waals surface area contributed by atoms with Gasteiger partial charge in [0.25, 0.3) is 0 Å². The number of hydrogen-bond acceptors (Lipinski definition) is 2. The van der Waals surface area contributed by atoms with Crippen LogP contribution in [0.4, 0.5) is 0 Å². The third kappa shape index (κ3) is 1.38. The van der Waals surface area contributed by atoms with Crippen molar-refractivity contribution in [3.05, 3.63) is 47.5 Å². The van der Waals surface area contributed by atoms with Gasteiger partial charge in [-0.3, -0.25) is 0 Å². The number of H-pyrrole nitrogens is 1. The largest absolute Gasteiger partial charge is 0.338 e. The number of benzene rings is 2. The quantitative estimate of drug-likeness (QED) is 0.512. The molecular weight excluding hydrogens is 234 g/mol. The van der Waals surface area contributed by atoms with Crippen LogP contribution in [0.2, 0.25) is 0 Å². The molecule has 0 saturated carbocycles. The van der Waals surface area contributed by atoms with Crippen molar-refractivity contribution in [2.24, 2.45) is 0 Å². The molecule has 0 aliphatic rings. The van der Waals surface area contributed by atoms with E-state index in [0.29, 0.717) is 0 Å². The van der Waals surface area contributed by atoms with Crippen LogP contribution < -0.4 is 0 Å². The number of aromatic amines is 1. The van der Waals surface area contributed by atoms with E-state index >= 15 is 0 Å². The van der Waals surface area contributed by atoms with Gasteiger partial charge in [0, 0.05) is 5.39 Å². The lowest BCUT2D eigenvalue weighted by molar-refractivity contribution is 1.33. The van der Waals surface area contributed by atoms with E-state index in [4.69, 9.17) is 4.98 Å². The minimum atomic E-state index is 0.863. The summed E-state index contributed by atoms with van der Waals surface area (Å²) in [5.41, 5.74) is 7.37. The zero-order chi connectivity index (χ0) is 13.0. The van der Waals surface area contributed by atoms with E-state index in [1.165, 1.54) is 11.1 Å². The Morgan fingerprint density at radius 2 is 1.63 bits per heavy atom. The number of nitrogens with one attached hydrogen (secondary N) is 1. The van der Waals surface area contributed by atoms with Crippen LogP contribution in [0, 0.1) is 13.8 Å². The Balaban J connectivity index is 2.25. The van der Waals surface area contributed by atoms with Gasteiger partial charge in [-0.15, -0.1) is 0 Å². The third-order valence-electron chi connectivity index (χ3n) is 3.80. The molecule has 0 aliphatic heterocycles. The molecule has 2 aromatic heterocycles. The van der Waals surface area contributed by atoms with E-state index in [2.05, 4.69) is 35.9 Å². The van der Waals surface area contributed by atoms with Crippen molar-refractivity contribution in [1.82, 2.24) is 15.0 Å². The van der Waals surface area contributed by atoms with Crippen LogP contribution in [0.3, 0.4) is 0 Å². The van der Waals surface area contributed by atoms with Crippen LogP contribution in [-0.2, 0) is 0 Å². The van der Waals surface area contributed by atoms with E-state index in [1.54, 1.807) is 0 Å². The number of rotatable bonds is 0. The second-order valence-corrected chi connectivity index (χ2v) is 4.96. The fourth-order valence-electron chi connectivity index (χ4n) is 2.57. The van der Waals surface area contributed by atoms with Gasteiger partial charge in [-0.1, -0.05) is 24.3 Å². The molecule has 92 valence electrons. The number of fused-ring (bicyclic) bond motifs is 4. The Kier molecular flexibility index (Phi) is 1.96. The van der Waals surface area contributed by atoms with Gasteiger partial charge in [0.05, 0.1) is 16.6 Å². The standard InChI is InChI=1S/C16H13N3/c1-9-7-8-11-14(10(9)2)19-16-15(11)17-12-5-3-4-6-13(12)18-16/h3-8H,1-2H3,(H,18,19). The molecule has 0 amide bonds. The van der Waals surface area contributed by atoms with Crippen molar-refractivity contribution < 1.29 is 0 Å². The van der Waals surface area contributed by atoms with Crippen LogP contribution in [0.15, 0.2) is 36.4 Å². The first-order valence-electron chi connectivity index (χ1n) is 6.38. The molecule has 4 rings (SSSR count). The molecule has 2 heterocycles. The molecule has 4 aromatic rings. The predicted molar refractivity (Wildman–Crippen MR) is 78.4 cm³/mol. The Morgan fingerprint density at radius 3 is 2.42 bits per heavy atom. The van der Waals surface area contributed by atoms with Crippen LogP contribution >= 0.6 is 0 Å². The highest BCUT2D eigenvalue weighted by atomic mass is 14.9. The van der Waals surface area contributed by atoms with Gasteiger partial charge >= 0.3 is 0 Å². The average Bonchev–Trinajstić information content (AvgIpc) is 2.79. The minimum absolute atomic E-state index is 0.863. The van der Waals surface area contributed by atoms with E-state index in [9.17, 15) is 0 Å². The van der Waals surface area contributed by atoms with Crippen molar-refractivity contribution in [3.8, 4) is 0 Å². The summed E-state index contributed by atoms with van der Waals surface area (Å²) < 4.78 is 0. The molecule has 0 fully saturated rings. The molecule has 1 N–H and O–H groups in total. The second-order valence-electron chi connectivity index (χ2n) is 4.96. The van der Waals surface area contributed by atoms with Crippen molar-refractivity contribution in [1.29, 1.82) is 0 Å². The summed E-state index contributed by atoms with van der Waals surface area (Å²) in [6.45, 7) is 4.25. The molecule has 19 heavy (non-hydrogen) atoms. The number of aryl methyl sites for hydroxylation is 2. The first-order valence-corrected chi connectivity index (χ1v) is 6.38. The van der Waals surface area contributed by atoms with Gasteiger partial charge in [-0.25, -0.2) is 9.97 Å². The number of nitrogens with zero attached hydrogens (tertiary/aromatic N) is 2. The fourth-order valence-corrected chi connectivity index (χ4v) is 2.57. The van der Waals surface area contributed by atoms with Crippen molar-refractivity contribution >= 4 is 33.1 Å². The minimum Gasteiger partial charge on any atom is -0.338 e. The molecule has 0 saturated heterocycles. The molecule has 0 atom stereocenters. The maximum Gasteiger partial charge on any atom is 0.157 e. The molecule has 2 aromatic carbocycles. The fraction of sp³-hybridized carbons (Fsp3) is 0.125. The zero-order valence-electron chi connectivity index (χ0n) is 10.9. The summed E-state index contributed by atoms with van der Waals surface area (Å²) in [5.74, 6) is 0. The predicted octanol–water partition coefficient (Wildman–Crippen LogP) is 3.88. The van der Waals surface area contributed by atoms with Gasteiger partial charge in [-0.05, 0) is 37.1 Å². The van der Waals surface area contributed by atoms with Crippen molar-refractivity contribution in [2.45, 2.75) is 13.8 Å². The Morgan fingerprint density at radius 1 is 0.895 bits per heavy atom. The lowest BCUT2D eigenvalue weighted by atomic mass is 10.1. The summed E-state index contributed by atoms with van der Waals surface area (Å²) in [4.78, 5) is 12.8. The van der Waals surface area contributed by atoms with E-state index in [-0.39, 0.29) is 0 Å². The lowest BCUT2D eigenvalue weighted by Crippen LogP contribution is -1.84. The van der Waals surface area contributed by atoms with Crippen molar-refractivity contribution in [2.75, 3.05) is 0 Å². The van der Waals surface area contributed by atoms with E-state index < -0.39 is 0 Å². The summed E-state index contributed by atoms with van der Waals surface area (Å²) in [7, 11) is 0. The average molecular weight is 247 g/mol. The van der Waals surface area contributed by atoms with Gasteiger partial charge < -0.3 is 4.98 Å². The van der Waals surface area contributed by atoms with Gasteiger partial charge in [-0.2, -0.15) is 0 Å². The molecule has 0 spiro atoms. The van der Waals surface area contributed by atoms with Gasteiger partial charge in [0.1, 0.15) is 5.52 Å². The summed E-state index contributed by atoms with van der Waals surface area (Å²) in [6, 6.07) is 12.2. The maximum atomic E-state index is 4.74.